The fourth-order valence-corrected chi connectivity index (χ4v) is 0.276. The van der Waals surface area contributed by atoms with E-state index >= 15 is 0 Å². The van der Waals surface area contributed by atoms with E-state index in [4.69, 9.17) is 0 Å². The van der Waals surface area contributed by atoms with Gasteiger partial charge >= 0.3 is 5.97 Å². The molecule has 0 saturated heterocycles. The summed E-state index contributed by atoms with van der Waals surface area (Å²) in [6, 6.07) is 0. The number of esters is 1. The molecule has 4 heteroatoms. The molecule has 0 heterocycles. The van der Waals surface area contributed by atoms with E-state index < -0.39 is 5.54 Å². The maximum Gasteiger partial charge on any atom is 0.367 e. The smallest absolute Gasteiger partial charge is 0.367 e. The van der Waals surface area contributed by atoms with Crippen LogP contribution in [-0.2, 0) is 9.53 Å². The molecule has 3 nitrogen and oxygen atoms in total. The Bertz CT molecular complexity index is 97.6. The minimum Gasteiger partial charge on any atom is -1.00 e. The van der Waals surface area contributed by atoms with Gasteiger partial charge in [-0.05, 0) is 0 Å². The van der Waals surface area contributed by atoms with Gasteiger partial charge in [0.2, 0.25) is 0 Å². The number of hydrogen-bond donors (Lipinski definition) is 1. The Morgan fingerprint density at radius 1 is 1.56 bits per heavy atom. The van der Waals surface area contributed by atoms with Crippen molar-refractivity contribution >= 4 is 5.97 Å². The Morgan fingerprint density at radius 3 is 1.89 bits per heavy atom. The summed E-state index contributed by atoms with van der Waals surface area (Å²) in [4.78, 5) is 10.5. The van der Waals surface area contributed by atoms with Crippen LogP contribution in [0.2, 0.25) is 0 Å². The lowest BCUT2D eigenvalue weighted by atomic mass is 10.1. The van der Waals surface area contributed by atoms with Crippen molar-refractivity contribution < 1.29 is 27.7 Å². The fraction of sp³-hybridized carbons (Fsp3) is 0.800. The molecule has 0 saturated carbocycles. The summed E-state index contributed by atoms with van der Waals surface area (Å²) in [6.45, 7) is 3.41. The largest absolute Gasteiger partial charge is 1.00 e. The van der Waals surface area contributed by atoms with E-state index in [-0.39, 0.29) is 18.4 Å². The lowest BCUT2D eigenvalue weighted by Gasteiger charge is -2.09. The van der Waals surface area contributed by atoms with Crippen LogP contribution in [-0.4, -0.2) is 18.6 Å². The van der Waals surface area contributed by atoms with Crippen LogP contribution < -0.4 is 18.1 Å². The Hall–Kier alpha value is -0.280. The minimum atomic E-state index is -0.602. The van der Waals surface area contributed by atoms with Gasteiger partial charge in [-0.15, -0.1) is 0 Å². The van der Waals surface area contributed by atoms with Crippen LogP contribution in [0.1, 0.15) is 13.8 Å². The van der Waals surface area contributed by atoms with E-state index in [0.29, 0.717) is 0 Å². The highest BCUT2D eigenvalue weighted by Crippen LogP contribution is 1.93. The van der Waals surface area contributed by atoms with E-state index in [0.717, 1.165) is 0 Å². The zero-order valence-corrected chi connectivity index (χ0v) is 6.66. The van der Waals surface area contributed by atoms with Crippen LogP contribution in [0.15, 0.2) is 0 Å². The van der Waals surface area contributed by atoms with Gasteiger partial charge < -0.3 is 22.9 Å². The Labute approximate surface area is 61.0 Å². The second-order valence-corrected chi connectivity index (χ2v) is 2.38. The molecule has 0 aromatic rings. The number of carbonyl (C=O) groups excluding carboxylic acids is 1. The molecular formula is C5H12ClNO2. The molecule has 3 N–H and O–H groups in total. The number of methoxy groups -OCH3 is 1. The predicted molar refractivity (Wildman–Crippen MR) is 29.0 cm³/mol. The van der Waals surface area contributed by atoms with E-state index in [9.17, 15) is 4.79 Å². The molecule has 9 heavy (non-hydrogen) atoms. The summed E-state index contributed by atoms with van der Waals surface area (Å²) in [5.41, 5.74) is 2.96. The normalized spacial score (nSPS) is 9.78. The van der Waals surface area contributed by atoms with Gasteiger partial charge in [-0.1, -0.05) is 0 Å². The standard InChI is InChI=1S/C5H11NO2.ClH/c1-5(2,6)4(7)8-3;/h6H2,1-3H3;1H. The van der Waals surface area contributed by atoms with E-state index in [1.807, 2.05) is 0 Å². The Balaban J connectivity index is 0. The lowest BCUT2D eigenvalue weighted by molar-refractivity contribution is -0.450. The van der Waals surface area contributed by atoms with Crippen molar-refractivity contribution in [3.05, 3.63) is 0 Å². The van der Waals surface area contributed by atoms with Crippen molar-refractivity contribution in [1.29, 1.82) is 0 Å². The molecule has 0 spiro atoms. The first-order valence-corrected chi connectivity index (χ1v) is 2.42. The van der Waals surface area contributed by atoms with Crippen molar-refractivity contribution in [3.8, 4) is 0 Å². The first-order valence-electron chi connectivity index (χ1n) is 2.42. The summed E-state index contributed by atoms with van der Waals surface area (Å²) in [5.74, 6) is -0.280. The van der Waals surface area contributed by atoms with Crippen molar-refractivity contribution in [1.82, 2.24) is 0 Å². The van der Waals surface area contributed by atoms with Crippen molar-refractivity contribution in [2.75, 3.05) is 7.11 Å². The number of ether oxygens (including phenoxy) is 1. The number of halogens is 1. The highest BCUT2D eigenvalue weighted by Gasteiger charge is 2.26. The minimum absolute atomic E-state index is 0. The Morgan fingerprint density at radius 2 is 1.89 bits per heavy atom. The number of rotatable bonds is 1. The molecule has 0 aromatic carbocycles. The number of carbonyl (C=O) groups is 1. The molecule has 0 atom stereocenters. The summed E-state index contributed by atoms with van der Waals surface area (Å²) >= 11 is 0. The molecule has 0 fully saturated rings. The molecule has 0 aliphatic heterocycles. The average molecular weight is 154 g/mol. The summed E-state index contributed by atoms with van der Waals surface area (Å²) < 4.78 is 4.41. The van der Waals surface area contributed by atoms with E-state index in [1.54, 1.807) is 13.8 Å². The van der Waals surface area contributed by atoms with E-state index in [1.165, 1.54) is 7.11 Å². The summed E-state index contributed by atoms with van der Waals surface area (Å²) in [5, 5.41) is 0. The zero-order chi connectivity index (χ0) is 6.78. The topological polar surface area (TPSA) is 53.9 Å². The highest BCUT2D eigenvalue weighted by atomic mass is 35.5. The zero-order valence-electron chi connectivity index (χ0n) is 5.90. The van der Waals surface area contributed by atoms with Gasteiger partial charge in [0.05, 0.1) is 7.11 Å². The maximum atomic E-state index is 10.5. The van der Waals surface area contributed by atoms with E-state index in [2.05, 4.69) is 10.5 Å². The Kier molecular flexibility index (Phi) is 4.72. The van der Waals surface area contributed by atoms with Crippen molar-refractivity contribution in [2.45, 2.75) is 19.4 Å². The third kappa shape index (κ3) is 4.24. The van der Waals surface area contributed by atoms with Gasteiger partial charge in [-0.3, -0.25) is 0 Å². The molecule has 0 aliphatic rings. The maximum absolute atomic E-state index is 10.5. The number of quaternary nitrogens is 1. The highest BCUT2D eigenvalue weighted by molar-refractivity contribution is 5.77. The van der Waals surface area contributed by atoms with Crippen LogP contribution in [0.25, 0.3) is 0 Å². The molecule has 0 aromatic heterocycles. The van der Waals surface area contributed by atoms with Gasteiger partial charge in [0.1, 0.15) is 0 Å². The average Bonchev–Trinajstić information content (AvgIpc) is 1.62. The molecule has 0 unspecified atom stereocenters. The monoisotopic (exact) mass is 153 g/mol. The van der Waals surface area contributed by atoms with Crippen LogP contribution >= 0.6 is 0 Å². The fourth-order valence-electron chi connectivity index (χ4n) is 0.276. The molecule has 0 bridgehead atoms. The van der Waals surface area contributed by atoms with Crippen LogP contribution in [0.5, 0.6) is 0 Å². The first kappa shape index (κ1) is 11.5. The lowest BCUT2D eigenvalue weighted by Crippen LogP contribution is -3.00. The van der Waals surface area contributed by atoms with Crippen LogP contribution in [0.4, 0.5) is 0 Å². The molecule has 0 aliphatic carbocycles. The number of hydrogen-bond acceptors (Lipinski definition) is 2. The molecular weight excluding hydrogens is 142 g/mol. The van der Waals surface area contributed by atoms with Gasteiger partial charge in [0, 0.05) is 13.8 Å². The third-order valence-corrected chi connectivity index (χ3v) is 0.738. The van der Waals surface area contributed by atoms with Crippen molar-refractivity contribution in [2.24, 2.45) is 0 Å². The summed E-state index contributed by atoms with van der Waals surface area (Å²) in [6.07, 6.45) is 0. The molecule has 56 valence electrons. The first-order chi connectivity index (χ1) is 3.48. The van der Waals surface area contributed by atoms with Crippen LogP contribution in [0, 0.1) is 0 Å². The SMILES string of the molecule is COC(=O)C(C)(C)[NH3+].[Cl-]. The molecule has 0 radical (unpaired) electrons. The van der Waals surface area contributed by atoms with Gasteiger partial charge in [-0.2, -0.15) is 0 Å². The van der Waals surface area contributed by atoms with Crippen molar-refractivity contribution in [3.63, 3.8) is 0 Å². The van der Waals surface area contributed by atoms with Gasteiger partial charge in [0.15, 0.2) is 5.54 Å². The molecule has 0 rings (SSSR count). The second-order valence-electron chi connectivity index (χ2n) is 2.38. The quantitative estimate of drug-likeness (QED) is 0.393. The van der Waals surface area contributed by atoms with Crippen LogP contribution in [0.3, 0.4) is 0 Å². The molecule has 0 amide bonds. The third-order valence-electron chi connectivity index (χ3n) is 0.738. The van der Waals surface area contributed by atoms with Gasteiger partial charge in [0.25, 0.3) is 0 Å². The summed E-state index contributed by atoms with van der Waals surface area (Å²) in [7, 11) is 1.36. The predicted octanol–water partition coefficient (Wildman–Crippen LogP) is -3.82. The van der Waals surface area contributed by atoms with Gasteiger partial charge in [-0.25, -0.2) is 4.79 Å². The second kappa shape index (κ2) is 3.69.